The van der Waals surface area contributed by atoms with Crippen LogP contribution in [-0.2, 0) is 0 Å². The third-order valence-corrected chi connectivity index (χ3v) is 13.4. The summed E-state index contributed by atoms with van der Waals surface area (Å²) in [6.45, 7) is 4.16. The summed E-state index contributed by atoms with van der Waals surface area (Å²) in [7, 11) is 0. The highest BCUT2D eigenvalue weighted by molar-refractivity contribution is 6.17. The van der Waals surface area contributed by atoms with Crippen molar-refractivity contribution in [1.29, 1.82) is 0 Å². The SMILES string of the molecule is Cc1cc(-c2ccccc2)c2ccc3c(-c4cccc(-c5cccc6c5c5ccccc5n6-c5ccc(-c6ccc(-n7c8ccccc8c8ccccc87)cc6)cc5)c4)cc(C)nc3c2n1. The van der Waals surface area contributed by atoms with Gasteiger partial charge in [0.05, 0.1) is 33.1 Å². The largest absolute Gasteiger partial charge is 0.309 e. The van der Waals surface area contributed by atoms with Crippen molar-refractivity contribution in [2.45, 2.75) is 13.8 Å². The second-order valence-corrected chi connectivity index (χ2v) is 17.4. The third kappa shape index (κ3) is 5.99. The van der Waals surface area contributed by atoms with Crippen LogP contribution >= 0.6 is 0 Å². The molecular weight excluding hydrogens is 801 g/mol. The zero-order valence-electron chi connectivity index (χ0n) is 36.6. The van der Waals surface area contributed by atoms with E-state index in [4.69, 9.17) is 9.97 Å². The molecule has 66 heavy (non-hydrogen) atoms. The summed E-state index contributed by atoms with van der Waals surface area (Å²) in [5.74, 6) is 0. The minimum Gasteiger partial charge on any atom is -0.309 e. The molecule has 0 saturated carbocycles. The maximum atomic E-state index is 5.14. The maximum Gasteiger partial charge on any atom is 0.0974 e. The highest BCUT2D eigenvalue weighted by Gasteiger charge is 2.19. The molecule has 0 atom stereocenters. The first-order chi connectivity index (χ1) is 32.6. The first-order valence-electron chi connectivity index (χ1n) is 22.7. The van der Waals surface area contributed by atoms with Gasteiger partial charge in [-0.15, -0.1) is 0 Å². The fourth-order valence-corrected chi connectivity index (χ4v) is 10.5. The minimum atomic E-state index is 0.932. The highest BCUT2D eigenvalue weighted by Crippen LogP contribution is 2.42. The molecule has 0 fully saturated rings. The van der Waals surface area contributed by atoms with Gasteiger partial charge in [-0.05, 0) is 125 Å². The Morgan fingerprint density at radius 2 is 0.712 bits per heavy atom. The van der Waals surface area contributed by atoms with Gasteiger partial charge in [-0.2, -0.15) is 0 Å². The number of para-hydroxylation sites is 3. The summed E-state index contributed by atoms with van der Waals surface area (Å²) in [6, 6.07) is 79.3. The second-order valence-electron chi connectivity index (χ2n) is 17.4. The molecule has 4 aromatic heterocycles. The van der Waals surface area contributed by atoms with Gasteiger partial charge in [0.1, 0.15) is 0 Å². The van der Waals surface area contributed by atoms with Crippen LogP contribution < -0.4 is 0 Å². The summed E-state index contributed by atoms with van der Waals surface area (Å²) in [5.41, 5.74) is 20.3. The normalized spacial score (nSPS) is 11.8. The quantitative estimate of drug-likeness (QED) is 0.156. The molecule has 0 aliphatic rings. The molecule has 4 heterocycles. The van der Waals surface area contributed by atoms with Crippen molar-refractivity contribution in [3.8, 4) is 55.9 Å². The monoisotopic (exact) mass is 842 g/mol. The van der Waals surface area contributed by atoms with Crippen LogP contribution in [0.25, 0.3) is 121 Å². The molecule has 13 rings (SSSR count). The van der Waals surface area contributed by atoms with Gasteiger partial charge < -0.3 is 9.13 Å². The van der Waals surface area contributed by atoms with Crippen molar-refractivity contribution < 1.29 is 0 Å². The molecule has 0 radical (unpaired) electrons. The summed E-state index contributed by atoms with van der Waals surface area (Å²) in [4.78, 5) is 10.2. The van der Waals surface area contributed by atoms with Crippen LogP contribution in [0.5, 0.6) is 0 Å². The van der Waals surface area contributed by atoms with E-state index in [0.717, 1.165) is 55.7 Å². The minimum absolute atomic E-state index is 0.932. The average Bonchev–Trinajstić information content (AvgIpc) is 3.89. The lowest BCUT2D eigenvalue weighted by Crippen LogP contribution is -1.95. The van der Waals surface area contributed by atoms with E-state index in [0.29, 0.717) is 0 Å². The van der Waals surface area contributed by atoms with Gasteiger partial charge in [0, 0.05) is 55.1 Å². The molecule has 310 valence electrons. The zero-order chi connectivity index (χ0) is 43.9. The summed E-state index contributed by atoms with van der Waals surface area (Å²) >= 11 is 0. The van der Waals surface area contributed by atoms with E-state index in [1.54, 1.807) is 0 Å². The molecule has 4 nitrogen and oxygen atoms in total. The molecule has 4 heteroatoms. The lowest BCUT2D eigenvalue weighted by Gasteiger charge is -2.14. The van der Waals surface area contributed by atoms with E-state index in [9.17, 15) is 0 Å². The summed E-state index contributed by atoms with van der Waals surface area (Å²) in [5, 5.41) is 7.22. The van der Waals surface area contributed by atoms with Crippen LogP contribution in [-0.4, -0.2) is 19.1 Å². The fraction of sp³-hybridized carbons (Fsp3) is 0.0323. The van der Waals surface area contributed by atoms with Crippen molar-refractivity contribution in [3.05, 3.63) is 230 Å². The van der Waals surface area contributed by atoms with Crippen LogP contribution in [0.2, 0.25) is 0 Å². The number of pyridine rings is 2. The Morgan fingerprint density at radius 1 is 0.288 bits per heavy atom. The highest BCUT2D eigenvalue weighted by atomic mass is 15.0. The first kappa shape index (κ1) is 37.9. The standard InChI is InChI=1S/C62H42N4/c1-39-36-54(43-14-4-3-5-15-43)51-34-35-52-55(37-40(2)64-62(52)61(51)63-39)45-17-12-16-44(38-45)48-21-13-25-59-60(48)53-20-8-11-24-58(53)66(59)47-32-28-42(29-33-47)41-26-30-46(31-27-41)65-56-22-9-6-18-49(56)50-19-7-10-23-57(50)65/h3-38H,1-2H3. The molecule has 0 bridgehead atoms. The molecule has 0 aliphatic carbocycles. The van der Waals surface area contributed by atoms with Crippen LogP contribution in [0.4, 0.5) is 0 Å². The number of aromatic nitrogens is 4. The zero-order valence-corrected chi connectivity index (χ0v) is 36.6. The number of hydrogen-bond donors (Lipinski definition) is 0. The van der Waals surface area contributed by atoms with Gasteiger partial charge in [0.2, 0.25) is 0 Å². The summed E-state index contributed by atoms with van der Waals surface area (Å²) in [6.07, 6.45) is 0. The van der Waals surface area contributed by atoms with E-state index in [-0.39, 0.29) is 0 Å². The number of nitrogens with zero attached hydrogens (tertiary/aromatic N) is 4. The molecule has 9 aromatic carbocycles. The van der Waals surface area contributed by atoms with Crippen LogP contribution in [0.3, 0.4) is 0 Å². The Hall–Kier alpha value is -8.60. The average molecular weight is 843 g/mol. The van der Waals surface area contributed by atoms with Crippen LogP contribution in [0.1, 0.15) is 11.4 Å². The van der Waals surface area contributed by atoms with E-state index >= 15 is 0 Å². The summed E-state index contributed by atoms with van der Waals surface area (Å²) < 4.78 is 4.78. The van der Waals surface area contributed by atoms with Crippen molar-refractivity contribution in [1.82, 2.24) is 19.1 Å². The van der Waals surface area contributed by atoms with Gasteiger partial charge >= 0.3 is 0 Å². The van der Waals surface area contributed by atoms with Gasteiger partial charge in [-0.3, -0.25) is 9.97 Å². The topological polar surface area (TPSA) is 35.6 Å². The molecule has 0 aliphatic heterocycles. The Labute approximate surface area is 382 Å². The van der Waals surface area contributed by atoms with Crippen LogP contribution in [0, 0.1) is 13.8 Å². The molecule has 13 aromatic rings. The van der Waals surface area contributed by atoms with Gasteiger partial charge in [-0.1, -0.05) is 152 Å². The van der Waals surface area contributed by atoms with Crippen molar-refractivity contribution in [2.75, 3.05) is 0 Å². The Kier molecular flexibility index (Phi) is 8.62. The van der Waals surface area contributed by atoms with Crippen molar-refractivity contribution in [3.63, 3.8) is 0 Å². The fourth-order valence-electron chi connectivity index (χ4n) is 10.5. The molecule has 0 amide bonds. The van der Waals surface area contributed by atoms with Gasteiger partial charge in [-0.25, -0.2) is 0 Å². The lowest BCUT2D eigenvalue weighted by molar-refractivity contribution is 1.18. The molecule has 0 saturated heterocycles. The van der Waals surface area contributed by atoms with Gasteiger partial charge in [0.25, 0.3) is 0 Å². The smallest absolute Gasteiger partial charge is 0.0974 e. The van der Waals surface area contributed by atoms with E-state index in [1.165, 1.54) is 77.0 Å². The van der Waals surface area contributed by atoms with E-state index in [1.807, 2.05) is 0 Å². The van der Waals surface area contributed by atoms with Gasteiger partial charge in [0.15, 0.2) is 0 Å². The first-order valence-corrected chi connectivity index (χ1v) is 22.7. The molecule has 0 N–H and O–H groups in total. The third-order valence-electron chi connectivity index (χ3n) is 13.4. The van der Waals surface area contributed by atoms with Crippen molar-refractivity contribution >= 4 is 65.4 Å². The Bertz CT molecular complexity index is 3990. The van der Waals surface area contributed by atoms with Crippen LogP contribution in [0.15, 0.2) is 218 Å². The Morgan fingerprint density at radius 3 is 1.29 bits per heavy atom. The predicted octanol–water partition coefficient (Wildman–Crippen LogP) is 16.3. The number of fused-ring (bicyclic) bond motifs is 9. The number of aryl methyl sites for hydroxylation is 2. The van der Waals surface area contributed by atoms with E-state index < -0.39 is 0 Å². The molecule has 0 unspecified atom stereocenters. The van der Waals surface area contributed by atoms with Crippen molar-refractivity contribution in [2.24, 2.45) is 0 Å². The Balaban J connectivity index is 0.883. The maximum absolute atomic E-state index is 5.14. The predicted molar refractivity (Wildman–Crippen MR) is 277 cm³/mol. The second kappa shape index (κ2) is 15.0. The molecule has 0 spiro atoms. The molecular formula is C62H42N4. The number of rotatable bonds is 6. The lowest BCUT2D eigenvalue weighted by atomic mass is 9.93. The number of hydrogen-bond acceptors (Lipinski definition) is 2. The number of benzene rings is 9. The van der Waals surface area contributed by atoms with E-state index in [2.05, 4.69) is 241 Å².